The second kappa shape index (κ2) is 4.09. The van der Waals surface area contributed by atoms with Gasteiger partial charge in [0.25, 0.3) is 12.7 Å². The van der Waals surface area contributed by atoms with E-state index in [9.17, 15) is 14.0 Å². The van der Waals surface area contributed by atoms with Crippen LogP contribution in [-0.2, 0) is 14.3 Å². The smallest absolute Gasteiger partial charge is 0.310 e. The summed E-state index contributed by atoms with van der Waals surface area (Å²) in [4.78, 5) is 28.8. The molecule has 0 N–H and O–H groups in total. The van der Waals surface area contributed by atoms with Crippen molar-refractivity contribution in [3.8, 4) is 0 Å². The Kier molecular flexibility index (Phi) is 2.78. The summed E-state index contributed by atoms with van der Waals surface area (Å²) in [5.74, 6) is -1.28. The lowest BCUT2D eigenvalue weighted by Gasteiger charge is -2.09. The van der Waals surface area contributed by atoms with E-state index in [4.69, 9.17) is 0 Å². The van der Waals surface area contributed by atoms with Crippen LogP contribution in [0.1, 0.15) is 0 Å². The van der Waals surface area contributed by atoms with Crippen molar-refractivity contribution in [3.05, 3.63) is 33.1 Å². The number of rotatable bonds is 2. The lowest BCUT2D eigenvalue weighted by molar-refractivity contribution is -0.143. The molecule has 1 aromatic rings. The van der Waals surface area contributed by atoms with Gasteiger partial charge in [0.05, 0.1) is 15.2 Å². The third kappa shape index (κ3) is 1.85. The number of amides is 1. The van der Waals surface area contributed by atoms with Gasteiger partial charge in [0, 0.05) is 6.07 Å². The van der Waals surface area contributed by atoms with Crippen LogP contribution in [0.5, 0.6) is 0 Å². The summed E-state index contributed by atoms with van der Waals surface area (Å²) >= 11 is 2.98. The van der Waals surface area contributed by atoms with Crippen molar-refractivity contribution in [2.24, 2.45) is 9.98 Å². The third-order valence-electron chi connectivity index (χ3n) is 1.90. The molecule has 0 saturated carbocycles. The van der Waals surface area contributed by atoms with Crippen molar-refractivity contribution in [3.63, 3.8) is 0 Å². The molecule has 0 aromatic heterocycles. The van der Waals surface area contributed by atoms with Crippen LogP contribution >= 0.6 is 15.9 Å². The Bertz CT molecular complexity index is 587. The standard InChI is InChI=1S/C9H4BrFN2O3/c10-4-1-6-7(2-5(4)11)12-8(15)9(13-6)16-3-14/h1-3,9H. The molecule has 1 aliphatic rings. The highest BCUT2D eigenvalue weighted by Crippen LogP contribution is 2.10. The van der Waals surface area contributed by atoms with E-state index in [2.05, 4.69) is 30.7 Å². The molecule has 0 saturated heterocycles. The average molecular weight is 287 g/mol. The molecule has 2 rings (SSSR count). The van der Waals surface area contributed by atoms with Gasteiger partial charge in [-0.25, -0.2) is 14.4 Å². The molecule has 1 heterocycles. The van der Waals surface area contributed by atoms with E-state index in [0.717, 1.165) is 6.07 Å². The van der Waals surface area contributed by atoms with Gasteiger partial charge in [-0.05, 0) is 22.0 Å². The highest BCUT2D eigenvalue weighted by molar-refractivity contribution is 9.10. The maximum atomic E-state index is 13.1. The van der Waals surface area contributed by atoms with Crippen molar-refractivity contribution in [2.75, 3.05) is 0 Å². The molecule has 7 heteroatoms. The van der Waals surface area contributed by atoms with Gasteiger partial charge in [-0.2, -0.15) is 0 Å². The van der Waals surface area contributed by atoms with Gasteiger partial charge < -0.3 is 4.74 Å². The Morgan fingerprint density at radius 2 is 2.19 bits per heavy atom. The van der Waals surface area contributed by atoms with Crippen LogP contribution in [0.4, 0.5) is 4.39 Å². The summed E-state index contributed by atoms with van der Waals surface area (Å²) in [5, 5.41) is 0.413. The molecule has 16 heavy (non-hydrogen) atoms. The summed E-state index contributed by atoms with van der Waals surface area (Å²) < 4.78 is 17.8. The summed E-state index contributed by atoms with van der Waals surface area (Å²) in [6, 6.07) is 2.44. The molecule has 1 aliphatic heterocycles. The van der Waals surface area contributed by atoms with Gasteiger partial charge in [-0.3, -0.25) is 9.59 Å². The Morgan fingerprint density at radius 3 is 2.88 bits per heavy atom. The molecule has 82 valence electrons. The molecule has 0 fully saturated rings. The fourth-order valence-corrected chi connectivity index (χ4v) is 1.55. The van der Waals surface area contributed by atoms with Gasteiger partial charge in [0.2, 0.25) is 0 Å². The molecule has 1 atom stereocenters. The van der Waals surface area contributed by atoms with Crippen molar-refractivity contribution < 1.29 is 18.7 Å². The van der Waals surface area contributed by atoms with Crippen molar-refractivity contribution in [1.29, 1.82) is 0 Å². The zero-order chi connectivity index (χ0) is 11.7. The molecule has 5 nitrogen and oxygen atoms in total. The highest BCUT2D eigenvalue weighted by Gasteiger charge is 2.21. The van der Waals surface area contributed by atoms with E-state index in [0.29, 0.717) is 5.36 Å². The first-order valence-corrected chi connectivity index (χ1v) is 4.95. The number of hydrogen-bond acceptors (Lipinski definition) is 4. The zero-order valence-electron chi connectivity index (χ0n) is 7.68. The maximum Gasteiger partial charge on any atom is 0.310 e. The van der Waals surface area contributed by atoms with Gasteiger partial charge in [0.1, 0.15) is 5.82 Å². The van der Waals surface area contributed by atoms with Gasteiger partial charge in [0.15, 0.2) is 0 Å². The van der Waals surface area contributed by atoms with Crippen molar-refractivity contribution >= 4 is 28.3 Å². The molecule has 0 bridgehead atoms. The Hall–Kier alpha value is -1.63. The SMILES string of the molecule is O=COC1N=c2cc(Br)c(F)cc2=NC1=O. The first-order chi connectivity index (χ1) is 7.61. The molecular formula is C9H4BrFN2O3. The van der Waals surface area contributed by atoms with E-state index in [1.54, 1.807) is 0 Å². The molecule has 0 aliphatic carbocycles. The molecule has 1 unspecified atom stereocenters. The van der Waals surface area contributed by atoms with Crippen LogP contribution in [0.3, 0.4) is 0 Å². The van der Waals surface area contributed by atoms with Crippen LogP contribution < -0.4 is 10.7 Å². The number of nitrogens with zero attached hydrogens (tertiary/aromatic N) is 2. The van der Waals surface area contributed by atoms with E-state index in [1.807, 2.05) is 0 Å². The number of benzene rings is 1. The van der Waals surface area contributed by atoms with Crippen LogP contribution in [0.15, 0.2) is 26.6 Å². The minimum absolute atomic E-state index is 0.116. The van der Waals surface area contributed by atoms with Crippen LogP contribution in [0.25, 0.3) is 0 Å². The number of hydrogen-bond donors (Lipinski definition) is 0. The summed E-state index contributed by atoms with van der Waals surface area (Å²) in [6.07, 6.45) is -1.28. The van der Waals surface area contributed by atoms with Crippen molar-refractivity contribution in [1.82, 2.24) is 0 Å². The average Bonchev–Trinajstić information content (AvgIpc) is 2.23. The monoisotopic (exact) mass is 286 g/mol. The van der Waals surface area contributed by atoms with E-state index in [1.165, 1.54) is 6.07 Å². The number of carbonyl (C=O) groups excluding carboxylic acids is 2. The number of fused-ring (bicyclic) bond motifs is 1. The highest BCUT2D eigenvalue weighted by atomic mass is 79.9. The molecule has 1 aromatic carbocycles. The fraction of sp³-hybridized carbons (Fsp3) is 0.111. The van der Waals surface area contributed by atoms with Crippen LogP contribution in [0.2, 0.25) is 0 Å². The normalized spacial score (nSPS) is 18.1. The molecule has 1 amide bonds. The Labute approximate surface area is 96.8 Å². The van der Waals surface area contributed by atoms with Gasteiger partial charge in [-0.15, -0.1) is 0 Å². The van der Waals surface area contributed by atoms with E-state index >= 15 is 0 Å². The summed E-state index contributed by atoms with van der Waals surface area (Å²) in [7, 11) is 0. The van der Waals surface area contributed by atoms with Crippen molar-refractivity contribution in [2.45, 2.75) is 6.23 Å². The first kappa shape index (κ1) is 10.9. The molecule has 0 radical (unpaired) electrons. The second-order valence-electron chi connectivity index (χ2n) is 2.92. The quantitative estimate of drug-likeness (QED) is 0.711. The van der Waals surface area contributed by atoms with Crippen LogP contribution in [0, 0.1) is 5.82 Å². The third-order valence-corrected chi connectivity index (χ3v) is 2.51. The Balaban J connectivity index is 2.62. The van der Waals surface area contributed by atoms with Crippen LogP contribution in [-0.4, -0.2) is 18.6 Å². The molecular weight excluding hydrogens is 283 g/mol. The predicted molar refractivity (Wildman–Crippen MR) is 52.4 cm³/mol. The van der Waals surface area contributed by atoms with E-state index in [-0.39, 0.29) is 16.3 Å². The summed E-state index contributed by atoms with van der Waals surface area (Å²) in [6.45, 7) is 0.116. The minimum Gasteiger partial charge on any atom is -0.432 e. The second-order valence-corrected chi connectivity index (χ2v) is 3.77. The number of halogens is 2. The lowest BCUT2D eigenvalue weighted by atomic mass is 10.3. The largest absolute Gasteiger partial charge is 0.432 e. The van der Waals surface area contributed by atoms with Gasteiger partial charge in [-0.1, -0.05) is 0 Å². The van der Waals surface area contributed by atoms with E-state index < -0.39 is 18.0 Å². The number of carbonyl (C=O) groups is 2. The topological polar surface area (TPSA) is 68.1 Å². The first-order valence-electron chi connectivity index (χ1n) is 4.16. The minimum atomic E-state index is -1.28. The number of ether oxygens (including phenoxy) is 1. The zero-order valence-corrected chi connectivity index (χ0v) is 9.27. The summed E-state index contributed by atoms with van der Waals surface area (Å²) in [5.41, 5.74) is 0. The predicted octanol–water partition coefficient (Wildman–Crippen LogP) is -0.133. The fourth-order valence-electron chi connectivity index (χ4n) is 1.22. The van der Waals surface area contributed by atoms with Gasteiger partial charge >= 0.3 is 5.91 Å². The Morgan fingerprint density at radius 1 is 1.44 bits per heavy atom. The lowest BCUT2D eigenvalue weighted by Crippen LogP contribution is -2.38. The maximum absolute atomic E-state index is 13.1. The molecule has 0 spiro atoms.